The van der Waals surface area contributed by atoms with Gasteiger partial charge in [-0.25, -0.2) is 9.79 Å². The zero-order valence-electron chi connectivity index (χ0n) is 23.3. The maximum Gasteiger partial charge on any atom is 0.338 e. The van der Waals surface area contributed by atoms with Crippen LogP contribution in [-0.4, -0.2) is 67.3 Å². The number of carbonyl (C=O) groups is 1. The lowest BCUT2D eigenvalue weighted by Crippen LogP contribution is -2.44. The second kappa shape index (κ2) is 11.7. The number of carbonyl (C=O) groups excluding carboxylic acids is 1. The molecule has 3 aromatic rings. The number of fused-ring (bicyclic) bond motifs is 1. The van der Waals surface area contributed by atoms with Gasteiger partial charge in [-0.15, -0.1) is 0 Å². The molecular weight excluding hydrogens is 546 g/mol. The lowest BCUT2D eigenvalue weighted by atomic mass is 9.95. The van der Waals surface area contributed by atoms with E-state index in [-0.39, 0.29) is 23.4 Å². The number of allylic oxidation sites excluding steroid dienone is 1. The van der Waals surface area contributed by atoms with Crippen LogP contribution in [0.2, 0.25) is 0 Å². The van der Waals surface area contributed by atoms with E-state index in [1.54, 1.807) is 51.3 Å². The number of aromatic nitrogens is 1. The van der Waals surface area contributed by atoms with Gasteiger partial charge in [0, 0.05) is 49.6 Å². The molecule has 1 unspecified atom stereocenters. The number of likely N-dealkylation sites (N-methyl/N-ethyl adjacent to an activating group) is 1. The summed E-state index contributed by atoms with van der Waals surface area (Å²) in [5, 5.41) is 11.6. The second-order valence-electron chi connectivity index (χ2n) is 9.87. The van der Waals surface area contributed by atoms with Crippen LogP contribution in [0.4, 0.5) is 11.4 Å². The molecule has 1 atom stereocenters. The molecule has 12 heteroatoms. The molecule has 0 bridgehead atoms. The summed E-state index contributed by atoms with van der Waals surface area (Å²) in [5.41, 5.74) is 2.38. The molecule has 11 nitrogen and oxygen atoms in total. The van der Waals surface area contributed by atoms with Crippen LogP contribution < -0.4 is 24.5 Å². The van der Waals surface area contributed by atoms with Gasteiger partial charge in [0.05, 0.1) is 40.5 Å². The van der Waals surface area contributed by atoms with Crippen LogP contribution in [0.15, 0.2) is 63.5 Å². The van der Waals surface area contributed by atoms with Crippen LogP contribution in [0.5, 0.6) is 5.75 Å². The van der Waals surface area contributed by atoms with E-state index in [1.165, 1.54) is 28.0 Å². The summed E-state index contributed by atoms with van der Waals surface area (Å²) in [4.78, 5) is 47.8. The number of rotatable bonds is 7. The lowest BCUT2D eigenvalue weighted by Gasteiger charge is -2.34. The van der Waals surface area contributed by atoms with Crippen molar-refractivity contribution >= 4 is 34.8 Å². The van der Waals surface area contributed by atoms with Crippen molar-refractivity contribution in [2.24, 2.45) is 4.99 Å². The van der Waals surface area contributed by atoms with Crippen molar-refractivity contribution in [2.45, 2.75) is 19.9 Å². The number of nitrogens with zero attached hydrogens (tertiary/aromatic N) is 5. The molecule has 1 fully saturated rings. The highest BCUT2D eigenvalue weighted by Gasteiger charge is 2.33. The van der Waals surface area contributed by atoms with Gasteiger partial charge < -0.3 is 19.3 Å². The van der Waals surface area contributed by atoms with Crippen molar-refractivity contribution < 1.29 is 19.2 Å². The average molecular weight is 578 g/mol. The van der Waals surface area contributed by atoms with Crippen molar-refractivity contribution in [2.75, 3.05) is 51.8 Å². The van der Waals surface area contributed by atoms with Gasteiger partial charge in [-0.3, -0.25) is 19.5 Å². The first-order valence-corrected chi connectivity index (χ1v) is 14.1. The number of non-ortho nitro benzene ring substituents is 1. The van der Waals surface area contributed by atoms with E-state index in [1.807, 2.05) is 6.07 Å². The van der Waals surface area contributed by atoms with Crippen molar-refractivity contribution in [1.82, 2.24) is 9.47 Å². The fourth-order valence-electron chi connectivity index (χ4n) is 5.17. The van der Waals surface area contributed by atoms with Crippen LogP contribution in [-0.2, 0) is 9.53 Å². The Morgan fingerprint density at radius 1 is 1.20 bits per heavy atom. The number of hydrogen-bond acceptors (Lipinski definition) is 10. The van der Waals surface area contributed by atoms with Gasteiger partial charge in [0.15, 0.2) is 4.80 Å². The van der Waals surface area contributed by atoms with E-state index in [9.17, 15) is 19.7 Å². The molecule has 0 amide bonds. The summed E-state index contributed by atoms with van der Waals surface area (Å²) in [6.07, 6.45) is 1.69. The van der Waals surface area contributed by atoms with Gasteiger partial charge >= 0.3 is 5.97 Å². The summed E-state index contributed by atoms with van der Waals surface area (Å²) in [6, 6.07) is 11.1. The van der Waals surface area contributed by atoms with Crippen LogP contribution in [0, 0.1) is 10.1 Å². The number of nitro benzene ring substituents is 1. The van der Waals surface area contributed by atoms with Crippen molar-refractivity contribution in [1.29, 1.82) is 0 Å². The Labute approximate surface area is 240 Å². The fraction of sp³-hybridized carbons (Fsp3) is 0.345. The highest BCUT2D eigenvalue weighted by Crippen LogP contribution is 2.32. The SMILES string of the molecule is CCOC(=O)C1=C(C)N=c2sc(=Cc3cc([N+](=O)[O-])ccc3N3CCN(C)CC3)c(=O)n2C1c1cccc(OC)c1. The molecule has 1 aromatic heterocycles. The summed E-state index contributed by atoms with van der Waals surface area (Å²) in [6.45, 7) is 6.85. The molecule has 0 saturated carbocycles. The molecule has 1 saturated heterocycles. The largest absolute Gasteiger partial charge is 0.497 e. The van der Waals surface area contributed by atoms with Crippen molar-refractivity contribution in [3.05, 3.63) is 94.7 Å². The summed E-state index contributed by atoms with van der Waals surface area (Å²) < 4.78 is 12.6. The number of hydrogen-bond donors (Lipinski definition) is 0. The first kappa shape index (κ1) is 28.2. The highest BCUT2D eigenvalue weighted by atomic mass is 32.1. The molecule has 5 rings (SSSR count). The maximum atomic E-state index is 14.1. The number of ether oxygens (including phenoxy) is 2. The Kier molecular flexibility index (Phi) is 8.04. The third kappa shape index (κ3) is 5.52. The van der Waals surface area contributed by atoms with Crippen LogP contribution >= 0.6 is 11.3 Å². The quantitative estimate of drug-likeness (QED) is 0.239. The molecule has 2 aliphatic rings. The molecule has 3 heterocycles. The van der Waals surface area contributed by atoms with Crippen LogP contribution in [0.25, 0.3) is 6.08 Å². The minimum atomic E-state index is -0.787. The van der Waals surface area contributed by atoms with Gasteiger partial charge in [0.2, 0.25) is 0 Å². The predicted octanol–water partition coefficient (Wildman–Crippen LogP) is 2.47. The van der Waals surface area contributed by atoms with E-state index in [0.29, 0.717) is 31.9 Å². The summed E-state index contributed by atoms with van der Waals surface area (Å²) >= 11 is 1.18. The third-order valence-corrected chi connectivity index (χ3v) is 8.26. The smallest absolute Gasteiger partial charge is 0.338 e. The Balaban J connectivity index is 1.71. The van der Waals surface area contributed by atoms with Gasteiger partial charge in [-0.1, -0.05) is 23.5 Å². The maximum absolute atomic E-state index is 14.1. The minimum absolute atomic E-state index is 0.0587. The molecule has 0 spiro atoms. The molecule has 0 N–H and O–H groups in total. The number of methoxy groups -OCH3 is 1. The van der Waals surface area contributed by atoms with E-state index in [0.717, 1.165) is 31.9 Å². The number of esters is 1. The number of nitro groups is 1. The van der Waals surface area contributed by atoms with Gasteiger partial charge in [0.25, 0.3) is 11.2 Å². The van der Waals surface area contributed by atoms with E-state index in [4.69, 9.17) is 9.47 Å². The van der Waals surface area contributed by atoms with Crippen LogP contribution in [0.1, 0.15) is 31.0 Å². The zero-order chi connectivity index (χ0) is 29.3. The Morgan fingerprint density at radius 3 is 2.63 bits per heavy atom. The average Bonchev–Trinajstić information content (AvgIpc) is 3.26. The molecule has 0 aliphatic carbocycles. The molecule has 2 aliphatic heterocycles. The molecule has 2 aromatic carbocycles. The number of benzene rings is 2. The minimum Gasteiger partial charge on any atom is -0.497 e. The molecular formula is C29H31N5O6S. The fourth-order valence-corrected chi connectivity index (χ4v) is 6.20. The third-order valence-electron chi connectivity index (χ3n) is 7.28. The van der Waals surface area contributed by atoms with Crippen LogP contribution in [0.3, 0.4) is 0 Å². The highest BCUT2D eigenvalue weighted by molar-refractivity contribution is 7.07. The first-order valence-electron chi connectivity index (χ1n) is 13.3. The van der Waals surface area contributed by atoms with Crippen molar-refractivity contribution in [3.8, 4) is 5.75 Å². The first-order chi connectivity index (χ1) is 19.7. The standard InChI is InChI=1S/C29H31N5O6S/c1-5-40-28(36)25-18(2)30-29-33(26(25)19-7-6-8-22(16-19)39-4)27(35)24(41-29)17-20-15-21(34(37)38)9-10-23(20)32-13-11-31(3)12-14-32/h6-10,15-17,26H,5,11-14H2,1-4H3. The Bertz CT molecular complexity index is 1720. The normalized spacial score (nSPS) is 17.7. The van der Waals surface area contributed by atoms with Gasteiger partial charge in [0.1, 0.15) is 5.75 Å². The lowest BCUT2D eigenvalue weighted by molar-refractivity contribution is -0.384. The van der Waals surface area contributed by atoms with Gasteiger partial charge in [-0.2, -0.15) is 0 Å². The molecule has 0 radical (unpaired) electrons. The second-order valence-corrected chi connectivity index (χ2v) is 10.9. The zero-order valence-corrected chi connectivity index (χ0v) is 24.1. The molecule has 41 heavy (non-hydrogen) atoms. The summed E-state index contributed by atoms with van der Waals surface area (Å²) in [7, 11) is 3.61. The van der Waals surface area contributed by atoms with E-state index < -0.39 is 16.9 Å². The van der Waals surface area contributed by atoms with E-state index >= 15 is 0 Å². The topological polar surface area (TPSA) is 120 Å². The van der Waals surface area contributed by atoms with Crippen molar-refractivity contribution in [3.63, 3.8) is 0 Å². The van der Waals surface area contributed by atoms with Gasteiger partial charge in [-0.05, 0) is 50.7 Å². The Morgan fingerprint density at radius 2 is 1.95 bits per heavy atom. The number of anilines is 1. The number of piperazine rings is 1. The van der Waals surface area contributed by atoms with E-state index in [2.05, 4.69) is 21.8 Å². The monoisotopic (exact) mass is 577 g/mol. The summed E-state index contributed by atoms with van der Waals surface area (Å²) in [5.74, 6) is 0.0304. The Hall–Kier alpha value is -4.29. The number of thiazole rings is 1. The molecule has 214 valence electrons. The predicted molar refractivity (Wildman–Crippen MR) is 156 cm³/mol.